The van der Waals surface area contributed by atoms with E-state index in [4.69, 9.17) is 5.11 Å². The lowest BCUT2D eigenvalue weighted by atomic mass is 9.94. The first kappa shape index (κ1) is 13.8. The molecule has 0 saturated heterocycles. The third-order valence-electron chi connectivity index (χ3n) is 3.47. The normalized spacial score (nSPS) is 17.7. The standard InChI is InChI=1S/C12H22N2O3/c1-2-12(7-3-4-8-12)14-11(17)13-9-5-6-10(15)16/h2-9H2,1H3,(H,15,16)(H2,13,14,17). The Labute approximate surface area is 102 Å². The SMILES string of the molecule is CCC1(NC(=O)NCCCC(=O)O)CCCC1. The van der Waals surface area contributed by atoms with Gasteiger partial charge < -0.3 is 15.7 Å². The number of carbonyl (C=O) groups is 2. The van der Waals surface area contributed by atoms with Crippen LogP contribution in [0.2, 0.25) is 0 Å². The number of carboxylic acid groups (broad SMARTS) is 1. The highest BCUT2D eigenvalue weighted by atomic mass is 16.4. The minimum Gasteiger partial charge on any atom is -0.481 e. The van der Waals surface area contributed by atoms with Gasteiger partial charge in [-0.05, 0) is 25.7 Å². The summed E-state index contributed by atoms with van der Waals surface area (Å²) in [6.45, 7) is 2.51. The lowest BCUT2D eigenvalue weighted by Crippen LogP contribution is -2.50. The van der Waals surface area contributed by atoms with E-state index in [1.807, 2.05) is 0 Å². The molecule has 5 heteroatoms. The van der Waals surface area contributed by atoms with Gasteiger partial charge in [0.1, 0.15) is 0 Å². The number of nitrogens with one attached hydrogen (secondary N) is 2. The number of carbonyl (C=O) groups excluding carboxylic acids is 1. The van der Waals surface area contributed by atoms with E-state index in [2.05, 4.69) is 17.6 Å². The zero-order chi connectivity index (χ0) is 12.7. The Balaban J connectivity index is 2.21. The maximum Gasteiger partial charge on any atom is 0.315 e. The first-order valence-electron chi connectivity index (χ1n) is 6.36. The molecule has 1 aliphatic rings. The molecule has 0 radical (unpaired) electrons. The highest BCUT2D eigenvalue weighted by molar-refractivity contribution is 5.75. The second-order valence-electron chi connectivity index (χ2n) is 4.72. The molecule has 0 bridgehead atoms. The number of aliphatic carboxylic acids is 1. The number of hydrogen-bond donors (Lipinski definition) is 3. The zero-order valence-corrected chi connectivity index (χ0v) is 10.4. The van der Waals surface area contributed by atoms with E-state index in [1.165, 1.54) is 12.8 Å². The van der Waals surface area contributed by atoms with Crippen molar-refractivity contribution in [2.75, 3.05) is 6.54 Å². The van der Waals surface area contributed by atoms with Crippen LogP contribution in [-0.4, -0.2) is 29.2 Å². The van der Waals surface area contributed by atoms with Gasteiger partial charge in [-0.1, -0.05) is 19.8 Å². The largest absolute Gasteiger partial charge is 0.481 e. The highest BCUT2D eigenvalue weighted by Gasteiger charge is 2.33. The van der Waals surface area contributed by atoms with Gasteiger partial charge in [0.25, 0.3) is 0 Å². The fraction of sp³-hybridized carbons (Fsp3) is 0.833. The minimum atomic E-state index is -0.826. The molecule has 1 rings (SSSR count). The quantitative estimate of drug-likeness (QED) is 0.622. The molecule has 5 nitrogen and oxygen atoms in total. The van der Waals surface area contributed by atoms with Crippen LogP contribution in [-0.2, 0) is 4.79 Å². The van der Waals surface area contributed by atoms with Crippen LogP contribution in [0.15, 0.2) is 0 Å². The third kappa shape index (κ3) is 4.63. The fourth-order valence-electron chi connectivity index (χ4n) is 2.35. The Bertz CT molecular complexity index is 273. The Hall–Kier alpha value is -1.26. The van der Waals surface area contributed by atoms with E-state index in [9.17, 15) is 9.59 Å². The number of rotatable bonds is 6. The molecule has 98 valence electrons. The van der Waals surface area contributed by atoms with Crippen molar-refractivity contribution in [3.05, 3.63) is 0 Å². The molecule has 0 heterocycles. The molecular formula is C12H22N2O3. The molecule has 0 aliphatic heterocycles. The summed E-state index contributed by atoms with van der Waals surface area (Å²) in [6, 6.07) is -0.167. The first-order chi connectivity index (χ1) is 8.08. The van der Waals surface area contributed by atoms with Crippen LogP contribution >= 0.6 is 0 Å². The molecule has 0 aromatic heterocycles. The average Bonchev–Trinajstić information content (AvgIpc) is 2.73. The van der Waals surface area contributed by atoms with E-state index < -0.39 is 5.97 Å². The van der Waals surface area contributed by atoms with Gasteiger partial charge >= 0.3 is 12.0 Å². The molecule has 0 aromatic rings. The molecule has 1 aliphatic carbocycles. The summed E-state index contributed by atoms with van der Waals surface area (Å²) in [5.74, 6) is -0.826. The van der Waals surface area contributed by atoms with Crippen LogP contribution in [0.1, 0.15) is 51.9 Å². The van der Waals surface area contributed by atoms with Gasteiger partial charge in [0.15, 0.2) is 0 Å². The van der Waals surface area contributed by atoms with Crippen molar-refractivity contribution in [1.29, 1.82) is 0 Å². The Morgan fingerprint density at radius 2 is 1.94 bits per heavy atom. The predicted octanol–water partition coefficient (Wildman–Crippen LogP) is 1.87. The van der Waals surface area contributed by atoms with Crippen molar-refractivity contribution in [2.45, 2.75) is 57.4 Å². The van der Waals surface area contributed by atoms with Gasteiger partial charge in [-0.2, -0.15) is 0 Å². The van der Waals surface area contributed by atoms with Crippen molar-refractivity contribution < 1.29 is 14.7 Å². The van der Waals surface area contributed by atoms with Gasteiger partial charge in [0.05, 0.1) is 0 Å². The van der Waals surface area contributed by atoms with E-state index in [1.54, 1.807) is 0 Å². The van der Waals surface area contributed by atoms with Gasteiger partial charge in [-0.15, -0.1) is 0 Å². The summed E-state index contributed by atoms with van der Waals surface area (Å²) in [5.41, 5.74) is -0.0309. The Morgan fingerprint density at radius 3 is 2.47 bits per heavy atom. The second kappa shape index (κ2) is 6.47. The van der Waals surface area contributed by atoms with Gasteiger partial charge in [0, 0.05) is 18.5 Å². The molecule has 0 aromatic carbocycles. The molecule has 1 saturated carbocycles. The van der Waals surface area contributed by atoms with E-state index >= 15 is 0 Å². The minimum absolute atomic E-state index is 0.0309. The fourth-order valence-corrected chi connectivity index (χ4v) is 2.35. The first-order valence-corrected chi connectivity index (χ1v) is 6.36. The van der Waals surface area contributed by atoms with Crippen molar-refractivity contribution in [2.24, 2.45) is 0 Å². The van der Waals surface area contributed by atoms with E-state index in [0.29, 0.717) is 13.0 Å². The molecule has 17 heavy (non-hydrogen) atoms. The number of carboxylic acids is 1. The van der Waals surface area contributed by atoms with E-state index in [0.717, 1.165) is 19.3 Å². The van der Waals surface area contributed by atoms with Gasteiger partial charge in [-0.3, -0.25) is 4.79 Å². The monoisotopic (exact) mass is 242 g/mol. The van der Waals surface area contributed by atoms with Crippen molar-refractivity contribution in [3.63, 3.8) is 0 Å². The van der Waals surface area contributed by atoms with Crippen molar-refractivity contribution in [1.82, 2.24) is 10.6 Å². The topological polar surface area (TPSA) is 78.4 Å². The molecule has 1 fully saturated rings. The van der Waals surface area contributed by atoms with Crippen LogP contribution in [0.4, 0.5) is 4.79 Å². The van der Waals surface area contributed by atoms with E-state index in [-0.39, 0.29) is 18.0 Å². The molecule has 0 atom stereocenters. The summed E-state index contributed by atoms with van der Waals surface area (Å²) >= 11 is 0. The van der Waals surface area contributed by atoms with Crippen LogP contribution < -0.4 is 10.6 Å². The Morgan fingerprint density at radius 1 is 1.29 bits per heavy atom. The summed E-state index contributed by atoms with van der Waals surface area (Å²) in [6.07, 6.45) is 5.97. The van der Waals surface area contributed by atoms with Crippen LogP contribution in [0.25, 0.3) is 0 Å². The average molecular weight is 242 g/mol. The number of amides is 2. The molecule has 0 spiro atoms. The molecule has 0 unspecified atom stereocenters. The number of hydrogen-bond acceptors (Lipinski definition) is 2. The molecule has 2 amide bonds. The van der Waals surface area contributed by atoms with Crippen molar-refractivity contribution >= 4 is 12.0 Å². The summed E-state index contributed by atoms with van der Waals surface area (Å²) < 4.78 is 0. The third-order valence-corrected chi connectivity index (χ3v) is 3.47. The Kier molecular flexibility index (Phi) is 5.25. The maximum atomic E-state index is 11.6. The van der Waals surface area contributed by atoms with Gasteiger partial charge in [0.2, 0.25) is 0 Å². The van der Waals surface area contributed by atoms with Crippen molar-refractivity contribution in [3.8, 4) is 0 Å². The second-order valence-corrected chi connectivity index (χ2v) is 4.72. The highest BCUT2D eigenvalue weighted by Crippen LogP contribution is 2.32. The predicted molar refractivity (Wildman–Crippen MR) is 64.9 cm³/mol. The van der Waals surface area contributed by atoms with Crippen LogP contribution in [0.5, 0.6) is 0 Å². The summed E-state index contributed by atoms with van der Waals surface area (Å²) in [5, 5.41) is 14.2. The smallest absolute Gasteiger partial charge is 0.315 e. The maximum absolute atomic E-state index is 11.6. The lowest BCUT2D eigenvalue weighted by Gasteiger charge is -2.29. The number of urea groups is 1. The molecular weight excluding hydrogens is 220 g/mol. The lowest BCUT2D eigenvalue weighted by molar-refractivity contribution is -0.137. The van der Waals surface area contributed by atoms with Gasteiger partial charge in [-0.25, -0.2) is 4.79 Å². The summed E-state index contributed by atoms with van der Waals surface area (Å²) in [4.78, 5) is 21.9. The zero-order valence-electron chi connectivity index (χ0n) is 10.4. The molecule has 3 N–H and O–H groups in total. The van der Waals surface area contributed by atoms with Crippen LogP contribution in [0.3, 0.4) is 0 Å². The van der Waals surface area contributed by atoms with Crippen LogP contribution in [0, 0.1) is 0 Å². The summed E-state index contributed by atoms with van der Waals surface area (Å²) in [7, 11) is 0.